The van der Waals surface area contributed by atoms with Gasteiger partial charge in [-0.05, 0) is 0 Å². The molecule has 0 spiro atoms. The van der Waals surface area contributed by atoms with Crippen LogP contribution in [0.5, 0.6) is 0 Å². The van der Waals surface area contributed by atoms with Crippen LogP contribution in [0.4, 0.5) is 0 Å². The largest absolute Gasteiger partial charge is 0.130 e. The van der Waals surface area contributed by atoms with Crippen molar-refractivity contribution in [3.8, 4) is 0 Å². The first kappa shape index (κ1) is 6.29. The van der Waals surface area contributed by atoms with Crippen LogP contribution < -0.4 is 0 Å². The van der Waals surface area contributed by atoms with Crippen LogP contribution in [0.25, 0.3) is 0 Å². The minimum Gasteiger partial charge on any atom is -0.130 e. The quantitative estimate of drug-likeness (QED) is 0.416. The van der Waals surface area contributed by atoms with Gasteiger partial charge in [-0.1, -0.05) is 25.7 Å². The molecule has 0 aromatic heterocycles. The van der Waals surface area contributed by atoms with Gasteiger partial charge in [0.2, 0.25) is 0 Å². The molecule has 0 aliphatic heterocycles. The van der Waals surface area contributed by atoms with E-state index in [0.717, 1.165) is 0 Å². The number of halogens is 1. The highest BCUT2D eigenvalue weighted by atomic mass is 35.5. The predicted octanol–water partition coefficient (Wildman–Crippen LogP) is 2.42. The number of rotatable bonds is 0. The van der Waals surface area contributed by atoms with Crippen molar-refractivity contribution in [2.24, 2.45) is 0 Å². The molecule has 0 saturated heterocycles. The van der Waals surface area contributed by atoms with Gasteiger partial charge in [0.05, 0.1) is 0 Å². The molecule has 0 aromatic carbocycles. The maximum absolute atomic E-state index is 4.64. The van der Waals surface area contributed by atoms with Crippen molar-refractivity contribution < 1.29 is 0 Å². The third kappa shape index (κ3) is 2.52. The molecule has 1 aliphatic rings. The van der Waals surface area contributed by atoms with Gasteiger partial charge in [0, 0.05) is 6.38 Å². The minimum absolute atomic E-state index is 1.47. The summed E-state index contributed by atoms with van der Waals surface area (Å²) in [5.41, 5.74) is 0. The zero-order valence-electron chi connectivity index (χ0n) is 4.21. The summed E-state index contributed by atoms with van der Waals surface area (Å²) in [6.07, 6.45) is 7.47. The highest BCUT2D eigenvalue weighted by Gasteiger charge is 1.95. The number of alkyl halides is 1. The molecule has 0 radical (unpaired) electrons. The molecule has 6 heavy (non-hydrogen) atoms. The van der Waals surface area contributed by atoms with E-state index in [1.165, 1.54) is 32.1 Å². The van der Waals surface area contributed by atoms with Crippen LogP contribution in [0, 0.1) is 0 Å². The Labute approximate surface area is 44.5 Å². The minimum atomic E-state index is 1.47. The van der Waals surface area contributed by atoms with Crippen LogP contribution in [0.1, 0.15) is 25.7 Å². The molecule has 1 saturated carbocycles. The van der Waals surface area contributed by atoms with Gasteiger partial charge in [-0.25, -0.2) is 0 Å². The molecule has 0 aromatic rings. The Morgan fingerprint density at radius 1 is 0.833 bits per heavy atom. The number of hydrogen-bond donors (Lipinski definition) is 0. The smallest absolute Gasteiger partial charge is 0.0108 e. The van der Waals surface area contributed by atoms with Crippen LogP contribution >= 0.6 is 11.6 Å². The van der Waals surface area contributed by atoms with Crippen molar-refractivity contribution in [2.45, 2.75) is 25.7 Å². The summed E-state index contributed by atoms with van der Waals surface area (Å²) in [5.74, 6) is 0. The summed E-state index contributed by atoms with van der Waals surface area (Å²) in [6.45, 7) is 0. The predicted molar refractivity (Wildman–Crippen MR) is 30.2 cm³/mol. The average molecular weight is 107 g/mol. The van der Waals surface area contributed by atoms with Crippen molar-refractivity contribution in [3.63, 3.8) is 0 Å². The maximum Gasteiger partial charge on any atom is 0.0108 e. The van der Waals surface area contributed by atoms with Gasteiger partial charge in [0.25, 0.3) is 0 Å². The second kappa shape index (κ2) is 5.29. The van der Waals surface area contributed by atoms with E-state index in [4.69, 9.17) is 0 Å². The van der Waals surface area contributed by atoms with Crippen molar-refractivity contribution in [3.05, 3.63) is 0 Å². The molecule has 1 heteroatoms. The van der Waals surface area contributed by atoms with Crippen molar-refractivity contribution in [1.29, 1.82) is 0 Å². The van der Waals surface area contributed by atoms with E-state index < -0.39 is 0 Å². The fourth-order valence-electron chi connectivity index (χ4n) is 0.250. The summed E-state index contributed by atoms with van der Waals surface area (Å²) >= 11 is 4.64. The van der Waals surface area contributed by atoms with E-state index in [9.17, 15) is 0 Å². The average Bonchev–Trinajstić information content (AvgIpc) is 1.36. The molecule has 0 bridgehead atoms. The Kier molecular flexibility index (Phi) is 5.55. The van der Waals surface area contributed by atoms with Gasteiger partial charge in [-0.2, -0.15) is 0 Å². The molecule has 0 amide bonds. The van der Waals surface area contributed by atoms with E-state index in [2.05, 4.69) is 11.6 Å². The molecular formula is C5H11Cl. The molecule has 0 nitrogen and oxygen atoms in total. The molecular weight excluding hydrogens is 95.5 g/mol. The summed E-state index contributed by atoms with van der Waals surface area (Å²) in [6, 6.07) is 0. The lowest BCUT2D eigenvalue weighted by atomic mass is 10.0. The van der Waals surface area contributed by atoms with Crippen LogP contribution in [0.2, 0.25) is 0 Å². The van der Waals surface area contributed by atoms with E-state index in [0.29, 0.717) is 0 Å². The zero-order valence-corrected chi connectivity index (χ0v) is 4.96. The second-order valence-corrected chi connectivity index (χ2v) is 1.41. The van der Waals surface area contributed by atoms with Gasteiger partial charge in [0.1, 0.15) is 0 Å². The van der Waals surface area contributed by atoms with Crippen molar-refractivity contribution in [1.82, 2.24) is 0 Å². The standard InChI is InChI=1S/C4H8.CH3Cl/c1-2-4-3-1;1-2/h1-4H2;1H3. The van der Waals surface area contributed by atoms with Crippen molar-refractivity contribution >= 4 is 11.6 Å². The molecule has 0 atom stereocenters. The lowest BCUT2D eigenvalue weighted by molar-refractivity contribution is 0.504. The monoisotopic (exact) mass is 106 g/mol. The summed E-state index contributed by atoms with van der Waals surface area (Å²) in [5, 5.41) is 0. The third-order valence-corrected chi connectivity index (χ3v) is 1.000. The first-order valence-electron chi connectivity index (χ1n) is 2.38. The second-order valence-electron chi connectivity index (χ2n) is 1.41. The van der Waals surface area contributed by atoms with Crippen LogP contribution in [0.3, 0.4) is 0 Å². The molecule has 0 N–H and O–H groups in total. The Morgan fingerprint density at radius 2 is 1.00 bits per heavy atom. The van der Waals surface area contributed by atoms with Crippen molar-refractivity contribution in [2.75, 3.05) is 6.38 Å². The van der Waals surface area contributed by atoms with E-state index >= 15 is 0 Å². The first-order valence-corrected chi connectivity index (χ1v) is 3.13. The fraction of sp³-hybridized carbons (Fsp3) is 1.00. The van der Waals surface area contributed by atoms with Gasteiger partial charge in [-0.3, -0.25) is 0 Å². The Morgan fingerprint density at radius 3 is 1.00 bits per heavy atom. The van der Waals surface area contributed by atoms with Crippen LogP contribution in [-0.2, 0) is 0 Å². The Hall–Kier alpha value is 0.290. The van der Waals surface area contributed by atoms with Crippen LogP contribution in [0.15, 0.2) is 0 Å². The molecule has 1 aliphatic carbocycles. The molecule has 38 valence electrons. The lowest BCUT2D eigenvalue weighted by Crippen LogP contribution is -1.85. The number of hydrogen-bond acceptors (Lipinski definition) is 0. The zero-order chi connectivity index (χ0) is 4.83. The summed E-state index contributed by atoms with van der Waals surface area (Å²) < 4.78 is 0. The van der Waals surface area contributed by atoms with Gasteiger partial charge in [-0.15, -0.1) is 11.6 Å². The third-order valence-electron chi connectivity index (χ3n) is 1.000. The molecule has 1 rings (SSSR count). The summed E-state index contributed by atoms with van der Waals surface area (Å²) in [4.78, 5) is 0. The van der Waals surface area contributed by atoms with E-state index in [1.807, 2.05) is 0 Å². The molecule has 1 fully saturated rings. The maximum atomic E-state index is 4.64. The topological polar surface area (TPSA) is 0 Å². The fourth-order valence-corrected chi connectivity index (χ4v) is 0.250. The Bertz CT molecular complexity index is 11.9. The van der Waals surface area contributed by atoms with Gasteiger partial charge in [0.15, 0.2) is 0 Å². The van der Waals surface area contributed by atoms with E-state index in [1.54, 1.807) is 0 Å². The van der Waals surface area contributed by atoms with E-state index in [-0.39, 0.29) is 0 Å². The van der Waals surface area contributed by atoms with Gasteiger partial charge >= 0.3 is 0 Å². The lowest BCUT2D eigenvalue weighted by Gasteiger charge is -2.05. The van der Waals surface area contributed by atoms with Crippen LogP contribution in [-0.4, -0.2) is 6.38 Å². The molecule has 0 heterocycles. The highest BCUT2D eigenvalue weighted by Crippen LogP contribution is 2.15. The first-order chi connectivity index (χ1) is 3.00. The highest BCUT2D eigenvalue weighted by molar-refractivity contribution is 6.15. The SMILES string of the molecule is C1CCC1.CCl. The molecule has 0 unspecified atom stereocenters. The normalized spacial score (nSPS) is 17.0. The van der Waals surface area contributed by atoms with Gasteiger partial charge < -0.3 is 0 Å². The Balaban J connectivity index is 0.000000112. The summed E-state index contributed by atoms with van der Waals surface area (Å²) in [7, 11) is 0.